The fraction of sp³-hybridized carbons (Fsp3) is 0.286. The van der Waals surface area contributed by atoms with Gasteiger partial charge < -0.3 is 9.15 Å². The molecule has 0 aliphatic heterocycles. The van der Waals surface area contributed by atoms with Crippen LogP contribution in [0.5, 0.6) is 5.75 Å². The van der Waals surface area contributed by atoms with Gasteiger partial charge in [0.05, 0.1) is 12.5 Å². The minimum atomic E-state index is -0.428. The zero-order valence-corrected chi connectivity index (χ0v) is 11.2. The molecule has 0 spiro atoms. The molecule has 4 heteroatoms. The zero-order chi connectivity index (χ0) is 13.3. The largest absolute Gasteiger partial charge is 0.494 e. The van der Waals surface area contributed by atoms with Crippen molar-refractivity contribution in [3.05, 3.63) is 52.7 Å². The lowest BCUT2D eigenvalue weighted by Gasteiger charge is -2.10. The highest BCUT2D eigenvalue weighted by molar-refractivity contribution is 6.22. The summed E-state index contributed by atoms with van der Waals surface area (Å²) in [5.74, 6) is 1.34. The first kappa shape index (κ1) is 13.0. The van der Waals surface area contributed by atoms with Gasteiger partial charge in [0.25, 0.3) is 0 Å². The average Bonchev–Trinajstić information content (AvgIpc) is 2.67. The van der Waals surface area contributed by atoms with Crippen LogP contribution in [0.15, 0.2) is 28.7 Å². The predicted molar refractivity (Wildman–Crippen MR) is 68.8 cm³/mol. The molecule has 18 heavy (non-hydrogen) atoms. The minimum Gasteiger partial charge on any atom is -0.494 e. The van der Waals surface area contributed by atoms with Crippen LogP contribution in [0.1, 0.15) is 28.0 Å². The Morgan fingerprint density at radius 1 is 1.28 bits per heavy atom. The molecule has 1 atom stereocenters. The van der Waals surface area contributed by atoms with Crippen LogP contribution >= 0.6 is 11.6 Å². The van der Waals surface area contributed by atoms with Crippen LogP contribution in [-0.4, -0.2) is 7.11 Å². The number of alkyl halides is 1. The Bertz CT molecular complexity index is 563. The number of rotatable bonds is 3. The number of furan rings is 1. The van der Waals surface area contributed by atoms with Crippen LogP contribution < -0.4 is 4.74 Å². The second-order valence-electron chi connectivity index (χ2n) is 4.13. The molecule has 96 valence electrons. The van der Waals surface area contributed by atoms with Crippen LogP contribution in [0.2, 0.25) is 0 Å². The van der Waals surface area contributed by atoms with Crippen LogP contribution in [0, 0.1) is 19.7 Å². The number of benzene rings is 1. The van der Waals surface area contributed by atoms with Gasteiger partial charge in [-0.1, -0.05) is 6.07 Å². The number of aryl methyl sites for hydroxylation is 2. The molecule has 1 heterocycles. The summed E-state index contributed by atoms with van der Waals surface area (Å²) in [5.41, 5.74) is 1.54. The maximum Gasteiger partial charge on any atom is 0.165 e. The van der Waals surface area contributed by atoms with Crippen molar-refractivity contribution in [2.24, 2.45) is 0 Å². The number of ether oxygens (including phenoxy) is 1. The summed E-state index contributed by atoms with van der Waals surface area (Å²) < 4.78 is 23.9. The van der Waals surface area contributed by atoms with Crippen molar-refractivity contribution in [2.75, 3.05) is 7.11 Å². The Kier molecular flexibility index (Phi) is 3.62. The topological polar surface area (TPSA) is 22.4 Å². The van der Waals surface area contributed by atoms with Crippen molar-refractivity contribution in [3.8, 4) is 5.75 Å². The lowest BCUT2D eigenvalue weighted by atomic mass is 10.0. The molecule has 0 fully saturated rings. The third-order valence-corrected chi connectivity index (χ3v) is 3.31. The molecule has 2 aromatic rings. The highest BCUT2D eigenvalue weighted by Gasteiger charge is 2.18. The van der Waals surface area contributed by atoms with E-state index in [1.165, 1.54) is 13.2 Å². The van der Waals surface area contributed by atoms with E-state index in [1.54, 1.807) is 12.1 Å². The molecule has 0 saturated heterocycles. The molecule has 0 aliphatic carbocycles. The third-order valence-electron chi connectivity index (χ3n) is 2.82. The maximum absolute atomic E-state index is 13.6. The monoisotopic (exact) mass is 268 g/mol. The molecular formula is C14H14ClFO2. The SMILES string of the molecule is COc1ccc(C(Cl)c2cc(C)oc2C)cc1F. The number of hydrogen-bond donors (Lipinski definition) is 0. The fourth-order valence-electron chi connectivity index (χ4n) is 1.92. The van der Waals surface area contributed by atoms with Crippen LogP contribution in [-0.2, 0) is 0 Å². The van der Waals surface area contributed by atoms with E-state index in [4.69, 9.17) is 20.8 Å². The van der Waals surface area contributed by atoms with Crippen LogP contribution in [0.3, 0.4) is 0 Å². The van der Waals surface area contributed by atoms with Crippen molar-refractivity contribution >= 4 is 11.6 Å². The predicted octanol–water partition coefficient (Wildman–Crippen LogP) is 4.37. The van der Waals surface area contributed by atoms with E-state index < -0.39 is 11.2 Å². The minimum absolute atomic E-state index is 0.211. The van der Waals surface area contributed by atoms with Crippen molar-refractivity contribution in [1.82, 2.24) is 0 Å². The van der Waals surface area contributed by atoms with Crippen LogP contribution in [0.25, 0.3) is 0 Å². The van der Waals surface area contributed by atoms with E-state index in [9.17, 15) is 4.39 Å². The van der Waals surface area contributed by atoms with Gasteiger partial charge in [-0.25, -0.2) is 4.39 Å². The molecule has 0 bridgehead atoms. The van der Waals surface area contributed by atoms with Gasteiger partial charge in [-0.2, -0.15) is 0 Å². The van der Waals surface area contributed by atoms with E-state index in [0.29, 0.717) is 5.56 Å². The van der Waals surface area contributed by atoms with E-state index in [-0.39, 0.29) is 5.75 Å². The molecule has 0 amide bonds. The summed E-state index contributed by atoms with van der Waals surface area (Å²) in [6.45, 7) is 3.70. The van der Waals surface area contributed by atoms with Gasteiger partial charge in [0.1, 0.15) is 11.5 Å². The van der Waals surface area contributed by atoms with Crippen molar-refractivity contribution in [3.63, 3.8) is 0 Å². The van der Waals surface area contributed by atoms with E-state index in [0.717, 1.165) is 17.1 Å². The maximum atomic E-state index is 13.6. The molecule has 0 aliphatic rings. The molecule has 0 saturated carbocycles. The first-order valence-corrected chi connectivity index (χ1v) is 6.01. The van der Waals surface area contributed by atoms with Gasteiger partial charge in [0.15, 0.2) is 11.6 Å². The van der Waals surface area contributed by atoms with Gasteiger partial charge >= 0.3 is 0 Å². The Balaban J connectivity index is 2.37. The lowest BCUT2D eigenvalue weighted by Crippen LogP contribution is -1.96. The second-order valence-corrected chi connectivity index (χ2v) is 4.56. The number of halogens is 2. The second kappa shape index (κ2) is 5.02. The van der Waals surface area contributed by atoms with Crippen molar-refractivity contribution in [2.45, 2.75) is 19.2 Å². The van der Waals surface area contributed by atoms with Gasteiger partial charge in [0, 0.05) is 5.56 Å². The van der Waals surface area contributed by atoms with Crippen molar-refractivity contribution < 1.29 is 13.5 Å². The molecular weight excluding hydrogens is 255 g/mol. The van der Waals surface area contributed by atoms with Gasteiger partial charge in [0.2, 0.25) is 0 Å². The van der Waals surface area contributed by atoms with E-state index in [2.05, 4.69) is 0 Å². The molecule has 0 N–H and O–H groups in total. The number of methoxy groups -OCH3 is 1. The van der Waals surface area contributed by atoms with Crippen LogP contribution in [0.4, 0.5) is 4.39 Å². The zero-order valence-electron chi connectivity index (χ0n) is 10.5. The molecule has 1 unspecified atom stereocenters. The molecule has 1 aromatic carbocycles. The normalized spacial score (nSPS) is 12.5. The standard InChI is InChI=1S/C14H14ClFO2/c1-8-6-11(9(2)18-8)14(15)10-4-5-13(17-3)12(16)7-10/h4-7,14H,1-3H3. The third kappa shape index (κ3) is 2.36. The highest BCUT2D eigenvalue weighted by atomic mass is 35.5. The Morgan fingerprint density at radius 2 is 2.00 bits per heavy atom. The van der Waals surface area contributed by atoms with E-state index in [1.807, 2.05) is 19.9 Å². The summed E-state index contributed by atoms with van der Waals surface area (Å²) in [6.07, 6.45) is 0. The summed E-state index contributed by atoms with van der Waals surface area (Å²) in [6, 6.07) is 6.58. The quantitative estimate of drug-likeness (QED) is 0.771. The number of hydrogen-bond acceptors (Lipinski definition) is 2. The molecule has 2 rings (SSSR count). The lowest BCUT2D eigenvalue weighted by molar-refractivity contribution is 0.386. The molecule has 0 radical (unpaired) electrons. The highest BCUT2D eigenvalue weighted by Crippen LogP contribution is 2.34. The summed E-state index contributed by atoms with van der Waals surface area (Å²) >= 11 is 6.35. The molecule has 1 aromatic heterocycles. The van der Waals surface area contributed by atoms with Crippen molar-refractivity contribution in [1.29, 1.82) is 0 Å². The van der Waals surface area contributed by atoms with Gasteiger partial charge in [-0.05, 0) is 37.6 Å². The first-order chi connectivity index (χ1) is 8.52. The Hall–Kier alpha value is -1.48. The van der Waals surface area contributed by atoms with Gasteiger partial charge in [-0.3, -0.25) is 0 Å². The smallest absolute Gasteiger partial charge is 0.165 e. The summed E-state index contributed by atoms with van der Waals surface area (Å²) in [5, 5.41) is -0.428. The summed E-state index contributed by atoms with van der Waals surface area (Å²) in [7, 11) is 1.43. The fourth-order valence-corrected chi connectivity index (χ4v) is 2.27. The Morgan fingerprint density at radius 3 is 2.50 bits per heavy atom. The summed E-state index contributed by atoms with van der Waals surface area (Å²) in [4.78, 5) is 0. The Labute approximate surface area is 110 Å². The molecule has 2 nitrogen and oxygen atoms in total. The average molecular weight is 269 g/mol. The van der Waals surface area contributed by atoms with Gasteiger partial charge in [-0.15, -0.1) is 11.6 Å². The van der Waals surface area contributed by atoms with E-state index >= 15 is 0 Å². The first-order valence-electron chi connectivity index (χ1n) is 5.57.